The van der Waals surface area contributed by atoms with Gasteiger partial charge in [-0.25, -0.2) is 9.37 Å². The summed E-state index contributed by atoms with van der Waals surface area (Å²) in [7, 11) is 0. The number of halogens is 1. The van der Waals surface area contributed by atoms with Crippen molar-refractivity contribution < 1.29 is 14.2 Å². The molecule has 2 aromatic rings. The quantitative estimate of drug-likeness (QED) is 0.816. The Balaban J connectivity index is 2.16. The van der Waals surface area contributed by atoms with Crippen LogP contribution in [0.15, 0.2) is 29.3 Å². The average Bonchev–Trinajstić information content (AvgIpc) is 2.58. The van der Waals surface area contributed by atoms with Crippen LogP contribution in [0.4, 0.5) is 15.9 Å². The highest BCUT2D eigenvalue weighted by Crippen LogP contribution is 2.25. The fraction of sp³-hybridized carbons (Fsp3) is 0.176. The van der Waals surface area contributed by atoms with Crippen molar-refractivity contribution in [2.45, 2.75) is 24.1 Å². The van der Waals surface area contributed by atoms with Gasteiger partial charge in [-0.3, -0.25) is 10.5 Å². The maximum Gasteiger partial charge on any atom is 0.289 e. The van der Waals surface area contributed by atoms with Gasteiger partial charge in [0.2, 0.25) is 5.91 Å². The van der Waals surface area contributed by atoms with Gasteiger partial charge in [0.05, 0.1) is 5.25 Å². The van der Waals surface area contributed by atoms with E-state index in [-0.39, 0.29) is 22.9 Å². The Labute approximate surface area is 148 Å². The summed E-state index contributed by atoms with van der Waals surface area (Å²) in [4.78, 5) is 15.1. The van der Waals surface area contributed by atoms with Crippen molar-refractivity contribution in [3.8, 4) is 12.1 Å². The molecule has 4 N–H and O–H groups in total. The van der Waals surface area contributed by atoms with Gasteiger partial charge in [0.1, 0.15) is 29.1 Å². The van der Waals surface area contributed by atoms with Crippen molar-refractivity contribution in [2.24, 2.45) is 0 Å². The second-order valence-corrected chi connectivity index (χ2v) is 6.63. The molecule has 0 unspecified atom stereocenters. The lowest BCUT2D eigenvalue weighted by molar-refractivity contribution is -0.410. The second kappa shape index (κ2) is 7.65. The lowest BCUT2D eigenvalue weighted by Crippen LogP contribution is -2.25. The van der Waals surface area contributed by atoms with Gasteiger partial charge in [-0.2, -0.15) is 10.5 Å². The normalized spacial score (nSPS) is 11.2. The molecule has 8 heteroatoms. The molecule has 0 radical (unpaired) electrons. The van der Waals surface area contributed by atoms with Crippen molar-refractivity contribution in [2.75, 3.05) is 11.1 Å². The third-order valence-electron chi connectivity index (χ3n) is 3.42. The number of carbonyl (C=O) groups is 1. The Hall–Kier alpha value is -3.10. The molecule has 0 saturated heterocycles. The minimum absolute atomic E-state index is 0.122. The molecule has 0 fully saturated rings. The number of nitriles is 2. The molecule has 0 aliphatic rings. The van der Waals surface area contributed by atoms with Gasteiger partial charge in [0.25, 0.3) is 5.82 Å². The number of hydrogen-bond donors (Lipinski definition) is 2. The molecule has 25 heavy (non-hydrogen) atoms. The van der Waals surface area contributed by atoms with Crippen LogP contribution in [0, 0.1) is 35.4 Å². The Bertz CT molecular complexity index is 916. The molecule has 0 spiro atoms. The highest BCUT2D eigenvalue weighted by molar-refractivity contribution is 8.00. The highest BCUT2D eigenvalue weighted by atomic mass is 32.2. The van der Waals surface area contributed by atoms with Crippen LogP contribution in [0.25, 0.3) is 0 Å². The smallest absolute Gasteiger partial charge is 0.289 e. The zero-order valence-electron chi connectivity index (χ0n) is 13.6. The number of nitrogen functional groups attached to an aromatic ring is 1. The molecule has 0 aliphatic carbocycles. The van der Waals surface area contributed by atoms with E-state index in [1.165, 1.54) is 12.1 Å². The van der Waals surface area contributed by atoms with Crippen LogP contribution in [0.2, 0.25) is 0 Å². The number of rotatable bonds is 4. The molecule has 1 amide bonds. The number of thioether (sulfide) groups is 1. The first kappa shape index (κ1) is 18.2. The maximum atomic E-state index is 13.6. The van der Waals surface area contributed by atoms with Gasteiger partial charge >= 0.3 is 0 Å². The number of carbonyl (C=O) groups excluding carboxylic acids is 1. The molecular formula is C17H15FN5OS+. The number of aromatic nitrogens is 1. The number of pyridine rings is 1. The van der Waals surface area contributed by atoms with E-state index in [1.54, 1.807) is 26.0 Å². The third kappa shape index (κ3) is 4.25. The lowest BCUT2D eigenvalue weighted by Gasteiger charge is -2.12. The van der Waals surface area contributed by atoms with E-state index in [0.717, 1.165) is 11.8 Å². The minimum Gasteiger partial charge on any atom is -0.325 e. The van der Waals surface area contributed by atoms with Crippen LogP contribution in [0.1, 0.15) is 23.6 Å². The molecule has 1 aromatic heterocycles. The molecule has 0 aliphatic heterocycles. The minimum atomic E-state index is -0.583. The first-order valence-electron chi connectivity index (χ1n) is 7.25. The fourth-order valence-corrected chi connectivity index (χ4v) is 2.88. The summed E-state index contributed by atoms with van der Waals surface area (Å²) in [6, 6.07) is 9.65. The summed E-state index contributed by atoms with van der Waals surface area (Å²) in [5, 5.41) is 20.6. The number of nitrogens with zero attached hydrogens (tertiary/aromatic N) is 2. The SMILES string of the molecule is Cc1ccc(NC(=O)[C@H](C)Sc2[nH+]c(N)c(C#N)cc2C#N)cc1F. The zero-order chi connectivity index (χ0) is 18.6. The van der Waals surface area contributed by atoms with Crippen molar-refractivity contribution in [3.63, 3.8) is 0 Å². The lowest BCUT2D eigenvalue weighted by atomic mass is 10.2. The summed E-state index contributed by atoms with van der Waals surface area (Å²) < 4.78 is 13.6. The monoisotopic (exact) mass is 356 g/mol. The molecule has 1 atom stereocenters. The number of aryl methyl sites for hydroxylation is 1. The Morgan fingerprint density at radius 3 is 2.60 bits per heavy atom. The predicted octanol–water partition coefficient (Wildman–Crippen LogP) is 2.39. The number of H-pyrrole nitrogens is 1. The van der Waals surface area contributed by atoms with Crippen LogP contribution in [0.3, 0.4) is 0 Å². The summed E-state index contributed by atoms with van der Waals surface area (Å²) in [6.07, 6.45) is 0. The van der Waals surface area contributed by atoms with Gasteiger partial charge in [-0.15, -0.1) is 0 Å². The van der Waals surface area contributed by atoms with Gasteiger partial charge in [-0.05, 0) is 37.6 Å². The Morgan fingerprint density at radius 1 is 1.32 bits per heavy atom. The Morgan fingerprint density at radius 2 is 2.00 bits per heavy atom. The van der Waals surface area contributed by atoms with E-state index in [1.807, 2.05) is 12.1 Å². The molecule has 6 nitrogen and oxygen atoms in total. The summed E-state index contributed by atoms with van der Waals surface area (Å²) in [5.41, 5.74) is 6.94. The first-order valence-corrected chi connectivity index (χ1v) is 8.13. The maximum absolute atomic E-state index is 13.6. The average molecular weight is 356 g/mol. The van der Waals surface area contributed by atoms with Crippen LogP contribution in [-0.4, -0.2) is 11.2 Å². The van der Waals surface area contributed by atoms with E-state index >= 15 is 0 Å². The number of benzene rings is 1. The van der Waals surface area contributed by atoms with E-state index < -0.39 is 11.1 Å². The molecule has 2 rings (SSSR count). The van der Waals surface area contributed by atoms with E-state index in [9.17, 15) is 14.4 Å². The third-order valence-corrected chi connectivity index (χ3v) is 4.54. The van der Waals surface area contributed by atoms with Crippen LogP contribution in [-0.2, 0) is 4.79 Å². The largest absolute Gasteiger partial charge is 0.325 e. The Kier molecular flexibility index (Phi) is 5.58. The van der Waals surface area contributed by atoms with E-state index in [4.69, 9.17) is 11.0 Å². The number of aromatic amines is 1. The van der Waals surface area contributed by atoms with Crippen molar-refractivity contribution >= 4 is 29.2 Å². The van der Waals surface area contributed by atoms with Crippen molar-refractivity contribution in [1.82, 2.24) is 0 Å². The molecule has 1 heterocycles. The van der Waals surface area contributed by atoms with E-state index in [0.29, 0.717) is 16.3 Å². The summed E-state index contributed by atoms with van der Waals surface area (Å²) >= 11 is 1.09. The van der Waals surface area contributed by atoms with Crippen molar-refractivity contribution in [3.05, 3.63) is 46.8 Å². The molecule has 1 aromatic carbocycles. The predicted molar refractivity (Wildman–Crippen MR) is 91.9 cm³/mol. The molecular weight excluding hydrogens is 341 g/mol. The summed E-state index contributed by atoms with van der Waals surface area (Å²) in [5.74, 6) is -0.635. The zero-order valence-corrected chi connectivity index (χ0v) is 14.4. The fourth-order valence-electron chi connectivity index (χ4n) is 1.96. The number of hydrogen-bond acceptors (Lipinski definition) is 5. The van der Waals surface area contributed by atoms with Crippen LogP contribution in [0.5, 0.6) is 0 Å². The number of amides is 1. The van der Waals surface area contributed by atoms with Gasteiger partial charge in [-0.1, -0.05) is 17.8 Å². The van der Waals surface area contributed by atoms with Crippen molar-refractivity contribution in [1.29, 1.82) is 10.5 Å². The number of anilines is 2. The first-order chi connectivity index (χ1) is 11.8. The second-order valence-electron chi connectivity index (χ2n) is 5.28. The van der Waals surface area contributed by atoms with Gasteiger partial charge in [0, 0.05) is 5.69 Å². The standard InChI is InChI=1S/C17H14FN5OS/c1-9-3-4-13(6-14(9)18)22-16(24)10(2)25-17-12(8-20)5-11(7-19)15(21)23-17/h3-6,10H,1-2H3,(H2,21,23)(H,22,24)/p+1/t10-/m0/s1. The number of nitrogens with one attached hydrogen (secondary N) is 2. The van der Waals surface area contributed by atoms with Crippen LogP contribution >= 0.6 is 11.8 Å². The molecule has 126 valence electrons. The van der Waals surface area contributed by atoms with Crippen LogP contribution < -0.4 is 16.0 Å². The molecule has 0 bridgehead atoms. The van der Waals surface area contributed by atoms with Gasteiger partial charge in [0.15, 0.2) is 5.03 Å². The number of nitrogens with two attached hydrogens (primary N) is 1. The van der Waals surface area contributed by atoms with Gasteiger partial charge < -0.3 is 5.32 Å². The molecule has 0 saturated carbocycles. The summed E-state index contributed by atoms with van der Waals surface area (Å²) in [6.45, 7) is 3.28. The topological polar surface area (TPSA) is 117 Å². The highest BCUT2D eigenvalue weighted by Gasteiger charge is 2.21. The van der Waals surface area contributed by atoms with E-state index in [2.05, 4.69) is 10.3 Å².